The van der Waals surface area contributed by atoms with E-state index in [0.717, 1.165) is 23.5 Å². The highest BCUT2D eigenvalue weighted by Crippen LogP contribution is 2.44. The zero-order valence-corrected chi connectivity index (χ0v) is 13.5. The Bertz CT molecular complexity index is 725. The van der Waals surface area contributed by atoms with E-state index >= 15 is 0 Å². The number of benzene rings is 2. The summed E-state index contributed by atoms with van der Waals surface area (Å²) in [7, 11) is 1.63. The topological polar surface area (TPSA) is 60.5 Å². The van der Waals surface area contributed by atoms with Gasteiger partial charge >= 0.3 is 0 Å². The average molecular weight is 328 g/mol. The maximum Gasteiger partial charge on any atom is 0.161 e. The highest BCUT2D eigenvalue weighted by Gasteiger charge is 2.35. The molecule has 1 saturated heterocycles. The third-order valence-electron chi connectivity index (χ3n) is 4.46. The molecule has 1 fully saturated rings. The molecule has 0 saturated carbocycles. The number of aliphatic hydroxyl groups is 1. The lowest BCUT2D eigenvalue weighted by atomic mass is 9.88. The second kappa shape index (κ2) is 6.34. The van der Waals surface area contributed by atoms with Gasteiger partial charge < -0.3 is 24.1 Å². The molecule has 2 aliphatic heterocycles. The zero-order chi connectivity index (χ0) is 16.5. The van der Waals surface area contributed by atoms with Crippen molar-refractivity contribution in [2.75, 3.05) is 26.9 Å². The van der Waals surface area contributed by atoms with Crippen molar-refractivity contribution in [2.45, 2.75) is 18.1 Å². The molecule has 3 atom stereocenters. The molecule has 1 N–H and O–H groups in total. The van der Waals surface area contributed by atoms with Crippen molar-refractivity contribution >= 4 is 0 Å². The van der Waals surface area contributed by atoms with E-state index < -0.39 is 0 Å². The SMILES string of the molecule is COc1cc(C2c3ccccc3OC2CO)ccc1OCC1CO1. The van der Waals surface area contributed by atoms with E-state index in [4.69, 9.17) is 18.9 Å². The van der Waals surface area contributed by atoms with Crippen molar-refractivity contribution in [1.29, 1.82) is 0 Å². The number of aliphatic hydroxyl groups excluding tert-OH is 1. The van der Waals surface area contributed by atoms with E-state index in [2.05, 4.69) is 0 Å². The minimum Gasteiger partial charge on any atom is -0.493 e. The van der Waals surface area contributed by atoms with Gasteiger partial charge in [0.1, 0.15) is 24.6 Å². The molecule has 0 bridgehead atoms. The van der Waals surface area contributed by atoms with Crippen molar-refractivity contribution in [3.8, 4) is 17.2 Å². The molecular weight excluding hydrogens is 308 g/mol. The first-order valence-electron chi connectivity index (χ1n) is 8.09. The van der Waals surface area contributed by atoms with Crippen molar-refractivity contribution in [2.24, 2.45) is 0 Å². The second-order valence-corrected chi connectivity index (χ2v) is 6.03. The number of hydrogen-bond acceptors (Lipinski definition) is 5. The minimum absolute atomic E-state index is 0.0269. The van der Waals surface area contributed by atoms with Crippen LogP contribution in [0.4, 0.5) is 0 Å². The fraction of sp³-hybridized carbons (Fsp3) is 0.368. The number of fused-ring (bicyclic) bond motifs is 1. The summed E-state index contributed by atoms with van der Waals surface area (Å²) in [5.41, 5.74) is 2.12. The summed E-state index contributed by atoms with van der Waals surface area (Å²) in [5, 5.41) is 9.71. The number of methoxy groups -OCH3 is 1. The molecular formula is C19H20O5. The van der Waals surface area contributed by atoms with Crippen LogP contribution in [0.1, 0.15) is 17.0 Å². The average Bonchev–Trinajstić information content (AvgIpc) is 3.38. The van der Waals surface area contributed by atoms with Gasteiger partial charge in [-0.25, -0.2) is 0 Å². The summed E-state index contributed by atoms with van der Waals surface area (Å²) >= 11 is 0. The lowest BCUT2D eigenvalue weighted by Gasteiger charge is -2.19. The first kappa shape index (κ1) is 15.3. The first-order valence-corrected chi connectivity index (χ1v) is 8.09. The second-order valence-electron chi connectivity index (χ2n) is 6.03. The van der Waals surface area contributed by atoms with E-state index in [1.165, 1.54) is 0 Å². The molecule has 5 heteroatoms. The van der Waals surface area contributed by atoms with Gasteiger partial charge in [-0.2, -0.15) is 0 Å². The number of epoxide rings is 1. The van der Waals surface area contributed by atoms with Gasteiger partial charge in [0, 0.05) is 5.56 Å². The van der Waals surface area contributed by atoms with Crippen LogP contribution in [0, 0.1) is 0 Å². The lowest BCUT2D eigenvalue weighted by molar-refractivity contribution is 0.124. The number of hydrogen-bond donors (Lipinski definition) is 1. The summed E-state index contributed by atoms with van der Waals surface area (Å²) < 4.78 is 22.3. The van der Waals surface area contributed by atoms with E-state index in [9.17, 15) is 5.11 Å². The van der Waals surface area contributed by atoms with Gasteiger partial charge in [0.05, 0.1) is 26.2 Å². The van der Waals surface area contributed by atoms with Crippen LogP contribution in [0.2, 0.25) is 0 Å². The predicted octanol–water partition coefficient (Wildman–Crippen LogP) is 2.36. The lowest BCUT2D eigenvalue weighted by Crippen LogP contribution is -2.23. The van der Waals surface area contributed by atoms with E-state index in [1.807, 2.05) is 42.5 Å². The minimum atomic E-state index is -0.293. The molecule has 126 valence electrons. The first-order chi connectivity index (χ1) is 11.8. The molecule has 2 aromatic carbocycles. The molecule has 2 aromatic rings. The summed E-state index contributed by atoms with van der Waals surface area (Å²) in [5.74, 6) is 2.17. The number of para-hydroxylation sites is 1. The highest BCUT2D eigenvalue weighted by molar-refractivity contribution is 5.51. The molecule has 0 aromatic heterocycles. The predicted molar refractivity (Wildman–Crippen MR) is 88.0 cm³/mol. The van der Waals surface area contributed by atoms with Crippen LogP contribution in [-0.4, -0.2) is 44.2 Å². The summed E-state index contributed by atoms with van der Waals surface area (Å²) in [6, 6.07) is 13.8. The summed E-state index contributed by atoms with van der Waals surface area (Å²) in [4.78, 5) is 0. The largest absolute Gasteiger partial charge is 0.493 e. The Morgan fingerprint density at radius 3 is 2.75 bits per heavy atom. The third-order valence-corrected chi connectivity index (χ3v) is 4.46. The Morgan fingerprint density at radius 1 is 1.17 bits per heavy atom. The smallest absolute Gasteiger partial charge is 0.161 e. The standard InChI is InChI=1S/C19H20O5/c1-21-17-8-12(6-7-16(17)23-11-13-10-22-13)19-14-4-2-3-5-15(14)24-18(19)9-20/h2-8,13,18-20H,9-11H2,1H3. The molecule has 24 heavy (non-hydrogen) atoms. The highest BCUT2D eigenvalue weighted by atomic mass is 16.6. The fourth-order valence-corrected chi connectivity index (χ4v) is 3.16. The van der Waals surface area contributed by atoms with Gasteiger partial charge in [-0.05, 0) is 23.8 Å². The Balaban J connectivity index is 1.65. The van der Waals surface area contributed by atoms with E-state index in [-0.39, 0.29) is 24.7 Å². The van der Waals surface area contributed by atoms with E-state index in [1.54, 1.807) is 7.11 Å². The van der Waals surface area contributed by atoms with E-state index in [0.29, 0.717) is 18.1 Å². The molecule has 2 aliphatic rings. The van der Waals surface area contributed by atoms with Gasteiger partial charge in [0.15, 0.2) is 11.5 Å². The number of ether oxygens (including phenoxy) is 4. The van der Waals surface area contributed by atoms with Crippen LogP contribution in [0.3, 0.4) is 0 Å². The molecule has 0 aliphatic carbocycles. The molecule has 3 unspecified atom stereocenters. The molecule has 2 heterocycles. The maximum absolute atomic E-state index is 9.71. The Kier molecular flexibility index (Phi) is 4.04. The quantitative estimate of drug-likeness (QED) is 0.825. The van der Waals surface area contributed by atoms with Gasteiger partial charge in [-0.15, -0.1) is 0 Å². The Morgan fingerprint density at radius 2 is 2.00 bits per heavy atom. The van der Waals surface area contributed by atoms with Gasteiger partial charge in [0.25, 0.3) is 0 Å². The van der Waals surface area contributed by atoms with Crippen LogP contribution >= 0.6 is 0 Å². The summed E-state index contributed by atoms with van der Waals surface area (Å²) in [6.45, 7) is 1.25. The van der Waals surface area contributed by atoms with Crippen LogP contribution in [0.25, 0.3) is 0 Å². The number of rotatable bonds is 6. The van der Waals surface area contributed by atoms with Crippen LogP contribution < -0.4 is 14.2 Å². The van der Waals surface area contributed by atoms with Crippen molar-refractivity contribution in [1.82, 2.24) is 0 Å². The Hall–Kier alpha value is -2.24. The molecule has 0 spiro atoms. The van der Waals surface area contributed by atoms with Gasteiger partial charge in [-0.3, -0.25) is 0 Å². The van der Waals surface area contributed by atoms with Crippen LogP contribution in [-0.2, 0) is 4.74 Å². The summed E-state index contributed by atoms with van der Waals surface area (Å²) in [6.07, 6.45) is -0.0954. The monoisotopic (exact) mass is 328 g/mol. The van der Waals surface area contributed by atoms with Gasteiger partial charge in [-0.1, -0.05) is 24.3 Å². The van der Waals surface area contributed by atoms with Crippen LogP contribution in [0.15, 0.2) is 42.5 Å². The zero-order valence-electron chi connectivity index (χ0n) is 13.5. The fourth-order valence-electron chi connectivity index (χ4n) is 3.16. The van der Waals surface area contributed by atoms with Crippen molar-refractivity contribution in [3.05, 3.63) is 53.6 Å². The molecule has 5 nitrogen and oxygen atoms in total. The molecule has 0 radical (unpaired) electrons. The Labute approximate surface area is 140 Å². The molecule has 4 rings (SSSR count). The van der Waals surface area contributed by atoms with Gasteiger partial charge in [0.2, 0.25) is 0 Å². The van der Waals surface area contributed by atoms with Crippen molar-refractivity contribution < 1.29 is 24.1 Å². The molecule has 0 amide bonds. The maximum atomic E-state index is 9.71. The van der Waals surface area contributed by atoms with Crippen LogP contribution in [0.5, 0.6) is 17.2 Å². The van der Waals surface area contributed by atoms with Crippen molar-refractivity contribution in [3.63, 3.8) is 0 Å². The normalized spacial score (nSPS) is 24.2. The third kappa shape index (κ3) is 2.81.